The number of hydrogen-bond acceptors (Lipinski definition) is 4. The molecule has 0 radical (unpaired) electrons. The van der Waals surface area contributed by atoms with Gasteiger partial charge in [0.2, 0.25) is 0 Å². The van der Waals surface area contributed by atoms with Crippen LogP contribution in [0.25, 0.3) is 0 Å². The van der Waals surface area contributed by atoms with E-state index in [0.29, 0.717) is 16.5 Å². The van der Waals surface area contributed by atoms with Crippen molar-refractivity contribution in [2.24, 2.45) is 0 Å². The first-order valence-corrected chi connectivity index (χ1v) is 12.3. The maximum atomic E-state index is 12.5. The number of halogens is 1. The average molecular weight is 487 g/mol. The molecule has 2 N–H and O–H groups in total. The van der Waals surface area contributed by atoms with Crippen LogP contribution in [0.1, 0.15) is 35.2 Å². The summed E-state index contributed by atoms with van der Waals surface area (Å²) in [7, 11) is -3.76. The number of benzene rings is 3. The fraction of sp³-hybridized carbons (Fsp3) is 0.240. The van der Waals surface area contributed by atoms with Crippen LogP contribution in [0.2, 0.25) is 5.02 Å². The standard InChI is InChI=1S/C25H27ClN2O4S/c1-16-13-18(3)24(14-17(16)2)19(4)27-25(29)15-32-22-9-11-23(12-10-22)33(30,31)28-21-7-5-20(26)6-8-21/h5-14,19,28H,15H2,1-4H3,(H,27,29). The SMILES string of the molecule is Cc1cc(C)c(C(C)NC(=O)COc2ccc(S(=O)(=O)Nc3ccc(Cl)cc3)cc2)cc1C. The van der Waals surface area contributed by atoms with Crippen LogP contribution < -0.4 is 14.8 Å². The number of sulfonamides is 1. The fourth-order valence-corrected chi connectivity index (χ4v) is 4.59. The molecule has 1 atom stereocenters. The lowest BCUT2D eigenvalue weighted by molar-refractivity contribution is -0.123. The quantitative estimate of drug-likeness (QED) is 0.451. The molecule has 0 fully saturated rings. The topological polar surface area (TPSA) is 84.5 Å². The van der Waals surface area contributed by atoms with Crippen molar-refractivity contribution in [2.45, 2.75) is 38.6 Å². The van der Waals surface area contributed by atoms with Crippen LogP contribution in [-0.4, -0.2) is 20.9 Å². The van der Waals surface area contributed by atoms with Crippen molar-refractivity contribution in [1.82, 2.24) is 5.32 Å². The van der Waals surface area contributed by atoms with Crippen LogP contribution in [0, 0.1) is 20.8 Å². The van der Waals surface area contributed by atoms with Gasteiger partial charge in [0.1, 0.15) is 5.75 Å². The van der Waals surface area contributed by atoms with Gasteiger partial charge in [-0.25, -0.2) is 8.42 Å². The maximum Gasteiger partial charge on any atom is 0.261 e. The molecule has 1 unspecified atom stereocenters. The maximum absolute atomic E-state index is 12.5. The van der Waals surface area contributed by atoms with E-state index in [9.17, 15) is 13.2 Å². The Kier molecular flexibility index (Phi) is 7.66. The summed E-state index contributed by atoms with van der Waals surface area (Å²) >= 11 is 5.83. The summed E-state index contributed by atoms with van der Waals surface area (Å²) in [6, 6.07) is 16.3. The van der Waals surface area contributed by atoms with Gasteiger partial charge in [0.15, 0.2) is 6.61 Å². The van der Waals surface area contributed by atoms with E-state index in [2.05, 4.69) is 29.1 Å². The molecule has 0 heterocycles. The van der Waals surface area contributed by atoms with Gasteiger partial charge in [-0.2, -0.15) is 0 Å². The monoisotopic (exact) mass is 486 g/mol. The van der Waals surface area contributed by atoms with Gasteiger partial charge in [-0.3, -0.25) is 9.52 Å². The third-order valence-electron chi connectivity index (χ3n) is 5.33. The van der Waals surface area contributed by atoms with Gasteiger partial charge >= 0.3 is 0 Å². The lowest BCUT2D eigenvalue weighted by Gasteiger charge is -2.18. The van der Waals surface area contributed by atoms with Crippen molar-refractivity contribution >= 4 is 33.2 Å². The van der Waals surface area contributed by atoms with Crippen molar-refractivity contribution in [3.63, 3.8) is 0 Å². The molecule has 3 aromatic carbocycles. The summed E-state index contributed by atoms with van der Waals surface area (Å²) in [4.78, 5) is 12.4. The minimum absolute atomic E-state index is 0.0769. The Bertz CT molecular complexity index is 1240. The lowest BCUT2D eigenvalue weighted by Crippen LogP contribution is -2.31. The molecule has 33 heavy (non-hydrogen) atoms. The fourth-order valence-electron chi connectivity index (χ4n) is 3.41. The highest BCUT2D eigenvalue weighted by Gasteiger charge is 2.16. The highest BCUT2D eigenvalue weighted by molar-refractivity contribution is 7.92. The molecular formula is C25H27ClN2O4S. The second-order valence-corrected chi connectivity index (χ2v) is 10.1. The Balaban J connectivity index is 1.57. The number of amides is 1. The molecule has 3 rings (SSSR count). The molecule has 174 valence electrons. The Hall–Kier alpha value is -3.03. The average Bonchev–Trinajstić information content (AvgIpc) is 2.76. The largest absolute Gasteiger partial charge is 0.484 e. The Morgan fingerprint density at radius 3 is 2.18 bits per heavy atom. The predicted molar refractivity (Wildman–Crippen MR) is 131 cm³/mol. The molecule has 0 spiro atoms. The van der Waals surface area contributed by atoms with Gasteiger partial charge in [-0.1, -0.05) is 23.7 Å². The van der Waals surface area contributed by atoms with Gasteiger partial charge in [-0.05, 0) is 98.5 Å². The van der Waals surface area contributed by atoms with E-state index in [-0.39, 0.29) is 23.5 Å². The molecule has 0 saturated heterocycles. The first-order valence-electron chi connectivity index (χ1n) is 10.4. The van der Waals surface area contributed by atoms with Crippen molar-refractivity contribution in [3.05, 3.63) is 87.9 Å². The van der Waals surface area contributed by atoms with Crippen LogP contribution in [0.5, 0.6) is 5.75 Å². The van der Waals surface area contributed by atoms with E-state index in [1.54, 1.807) is 24.3 Å². The third-order valence-corrected chi connectivity index (χ3v) is 6.98. The Morgan fingerprint density at radius 1 is 0.939 bits per heavy atom. The highest BCUT2D eigenvalue weighted by Crippen LogP contribution is 2.22. The summed E-state index contributed by atoms with van der Waals surface area (Å²) in [5.74, 6) is 0.131. The summed E-state index contributed by atoms with van der Waals surface area (Å²) in [5, 5.41) is 3.46. The van der Waals surface area contributed by atoms with E-state index in [1.807, 2.05) is 20.8 Å². The van der Waals surface area contributed by atoms with Crippen molar-refractivity contribution in [2.75, 3.05) is 11.3 Å². The smallest absolute Gasteiger partial charge is 0.261 e. The summed E-state index contributed by atoms with van der Waals surface area (Å²) in [6.45, 7) is 7.89. The number of ether oxygens (including phenoxy) is 1. The zero-order chi connectivity index (χ0) is 24.2. The number of nitrogens with one attached hydrogen (secondary N) is 2. The van der Waals surface area contributed by atoms with E-state index >= 15 is 0 Å². The number of hydrogen-bond donors (Lipinski definition) is 2. The van der Waals surface area contributed by atoms with E-state index < -0.39 is 10.0 Å². The van der Waals surface area contributed by atoms with Crippen LogP contribution in [0.3, 0.4) is 0 Å². The van der Waals surface area contributed by atoms with Gasteiger partial charge < -0.3 is 10.1 Å². The van der Waals surface area contributed by atoms with Crippen LogP contribution in [0.4, 0.5) is 5.69 Å². The zero-order valence-corrected chi connectivity index (χ0v) is 20.5. The highest BCUT2D eigenvalue weighted by atomic mass is 35.5. The molecule has 0 aliphatic heterocycles. The second-order valence-electron chi connectivity index (χ2n) is 7.95. The van der Waals surface area contributed by atoms with Crippen molar-refractivity contribution < 1.29 is 17.9 Å². The normalized spacial score (nSPS) is 12.2. The predicted octanol–water partition coefficient (Wildman–Crippen LogP) is 5.32. The van der Waals surface area contributed by atoms with Crippen LogP contribution >= 0.6 is 11.6 Å². The van der Waals surface area contributed by atoms with Gasteiger partial charge in [0, 0.05) is 10.7 Å². The molecule has 6 nitrogen and oxygen atoms in total. The molecule has 0 bridgehead atoms. The summed E-state index contributed by atoms with van der Waals surface area (Å²) < 4.78 is 33.1. The molecular weight excluding hydrogens is 460 g/mol. The molecule has 0 aliphatic carbocycles. The molecule has 0 aliphatic rings. The zero-order valence-electron chi connectivity index (χ0n) is 19.0. The van der Waals surface area contributed by atoms with E-state index in [1.165, 1.54) is 35.4 Å². The lowest BCUT2D eigenvalue weighted by atomic mass is 9.96. The van der Waals surface area contributed by atoms with Gasteiger partial charge in [-0.15, -0.1) is 0 Å². The number of carbonyl (C=O) groups is 1. The minimum Gasteiger partial charge on any atom is -0.484 e. The number of aryl methyl sites for hydroxylation is 3. The van der Waals surface area contributed by atoms with Gasteiger partial charge in [0.25, 0.3) is 15.9 Å². The molecule has 0 saturated carbocycles. The van der Waals surface area contributed by atoms with Gasteiger partial charge in [0.05, 0.1) is 10.9 Å². The van der Waals surface area contributed by atoms with E-state index in [4.69, 9.17) is 16.3 Å². The number of carbonyl (C=O) groups excluding carboxylic acids is 1. The summed E-state index contributed by atoms with van der Waals surface area (Å²) in [6.07, 6.45) is 0. The molecule has 1 amide bonds. The Morgan fingerprint density at radius 2 is 1.55 bits per heavy atom. The number of rotatable bonds is 8. The minimum atomic E-state index is -3.76. The molecule has 0 aromatic heterocycles. The molecule has 3 aromatic rings. The number of anilines is 1. The molecule has 8 heteroatoms. The van der Waals surface area contributed by atoms with Crippen molar-refractivity contribution in [3.8, 4) is 5.75 Å². The second kappa shape index (κ2) is 10.3. The van der Waals surface area contributed by atoms with E-state index in [0.717, 1.165) is 11.1 Å². The van der Waals surface area contributed by atoms with Crippen LogP contribution in [-0.2, 0) is 14.8 Å². The summed E-state index contributed by atoms with van der Waals surface area (Å²) in [5.41, 5.74) is 4.98. The Labute approximate surface area is 200 Å². The third kappa shape index (κ3) is 6.49. The first-order chi connectivity index (χ1) is 15.5. The first kappa shape index (κ1) is 24.6. The van der Waals surface area contributed by atoms with Crippen LogP contribution in [0.15, 0.2) is 65.6 Å². The van der Waals surface area contributed by atoms with Crippen molar-refractivity contribution in [1.29, 1.82) is 0 Å².